The van der Waals surface area contributed by atoms with Crippen molar-refractivity contribution in [1.29, 1.82) is 0 Å². The minimum Gasteiger partial charge on any atom is -0.300 e. The van der Waals surface area contributed by atoms with Crippen LogP contribution in [0.25, 0.3) is 6.08 Å². The third-order valence-electron chi connectivity index (χ3n) is 6.55. The van der Waals surface area contributed by atoms with Crippen LogP contribution in [0.4, 0.5) is 0 Å². The lowest BCUT2D eigenvalue weighted by molar-refractivity contribution is 0.324. The van der Waals surface area contributed by atoms with E-state index >= 15 is 0 Å². The molecule has 2 aliphatic rings. The summed E-state index contributed by atoms with van der Waals surface area (Å²) < 4.78 is 0. The Bertz CT molecular complexity index is 872. The van der Waals surface area contributed by atoms with Crippen LogP contribution in [0.2, 0.25) is 0 Å². The highest BCUT2D eigenvalue weighted by Crippen LogP contribution is 2.35. The van der Waals surface area contributed by atoms with Gasteiger partial charge in [-0.2, -0.15) is 0 Å². The summed E-state index contributed by atoms with van der Waals surface area (Å²) in [6.07, 6.45) is 29.3. The quantitative estimate of drug-likeness (QED) is 0.320. The predicted molar refractivity (Wildman–Crippen MR) is 142 cm³/mol. The summed E-state index contributed by atoms with van der Waals surface area (Å²) in [7, 11) is 0. The van der Waals surface area contributed by atoms with Gasteiger partial charge in [0.15, 0.2) is 0 Å². The molecule has 170 valence electrons. The van der Waals surface area contributed by atoms with Crippen LogP contribution in [0, 0.1) is 0 Å². The second kappa shape index (κ2) is 13.2. The van der Waals surface area contributed by atoms with Crippen LogP contribution in [0.15, 0.2) is 90.1 Å². The van der Waals surface area contributed by atoms with E-state index in [2.05, 4.69) is 111 Å². The van der Waals surface area contributed by atoms with Crippen LogP contribution >= 0.6 is 0 Å². The summed E-state index contributed by atoms with van der Waals surface area (Å²) >= 11 is 0. The molecule has 0 spiro atoms. The summed E-state index contributed by atoms with van der Waals surface area (Å²) in [4.78, 5) is 2.69. The average Bonchev–Trinajstić information content (AvgIpc) is 3.56. The van der Waals surface area contributed by atoms with E-state index in [1.165, 1.54) is 67.5 Å². The van der Waals surface area contributed by atoms with Crippen molar-refractivity contribution in [3.05, 3.63) is 101 Å². The lowest BCUT2D eigenvalue weighted by Gasteiger charge is -2.15. The first kappa shape index (κ1) is 24.3. The van der Waals surface area contributed by atoms with Crippen LogP contribution in [0.3, 0.4) is 0 Å². The summed E-state index contributed by atoms with van der Waals surface area (Å²) in [5.41, 5.74) is 5.52. The fourth-order valence-electron chi connectivity index (χ4n) is 4.50. The molecule has 0 amide bonds. The molecule has 1 aromatic carbocycles. The van der Waals surface area contributed by atoms with Crippen molar-refractivity contribution in [2.24, 2.45) is 0 Å². The molecule has 1 aromatic rings. The Labute approximate surface area is 196 Å². The molecule has 1 saturated carbocycles. The predicted octanol–water partition coefficient (Wildman–Crippen LogP) is 8.40. The molecule has 0 aromatic heterocycles. The van der Waals surface area contributed by atoms with Gasteiger partial charge in [0.25, 0.3) is 0 Å². The zero-order valence-corrected chi connectivity index (χ0v) is 20.3. The Kier molecular flexibility index (Phi) is 10.0. The molecular weight excluding hydrogens is 386 g/mol. The highest BCUT2D eigenvalue weighted by atomic mass is 15.2. The van der Waals surface area contributed by atoms with Gasteiger partial charge in [-0.05, 0) is 80.7 Å². The number of unbranched alkanes of at least 4 members (excludes halogenated alkanes) is 1. The van der Waals surface area contributed by atoms with Gasteiger partial charge in [0, 0.05) is 12.6 Å². The summed E-state index contributed by atoms with van der Waals surface area (Å²) in [6.45, 7) is 8.99. The molecule has 0 radical (unpaired) electrons. The zero-order valence-electron chi connectivity index (χ0n) is 20.3. The molecular formula is C31H41N. The number of likely N-dealkylation sites (tertiary alicyclic amines) is 1. The average molecular weight is 428 g/mol. The SMILES string of the molecule is C\C=C/C(=C\C)C(=C/C=C/C=C\C=C/c1ccc(C2CCN(C3CC3)C2)cc1)/CCCC. The third-order valence-corrected chi connectivity index (χ3v) is 6.55. The normalized spacial score (nSPS) is 21.3. The first-order valence-corrected chi connectivity index (χ1v) is 12.6. The Morgan fingerprint density at radius 1 is 0.969 bits per heavy atom. The van der Waals surface area contributed by atoms with E-state index in [9.17, 15) is 0 Å². The maximum atomic E-state index is 2.69. The van der Waals surface area contributed by atoms with Crippen LogP contribution in [0.1, 0.15) is 76.3 Å². The zero-order chi connectivity index (χ0) is 22.6. The highest BCUT2D eigenvalue weighted by Gasteiger charge is 2.34. The molecule has 1 aliphatic heterocycles. The van der Waals surface area contributed by atoms with Crippen molar-refractivity contribution in [2.75, 3.05) is 13.1 Å². The van der Waals surface area contributed by atoms with Gasteiger partial charge < -0.3 is 0 Å². The molecule has 1 unspecified atom stereocenters. The molecule has 3 rings (SSSR count). The Balaban J connectivity index is 1.49. The Morgan fingerprint density at radius 3 is 2.41 bits per heavy atom. The van der Waals surface area contributed by atoms with Gasteiger partial charge in [-0.15, -0.1) is 0 Å². The standard InChI is InChI=1S/C31H41N/c1-4-7-15-28(27(6-3)13-5-2)16-12-10-8-9-11-14-26-17-19-29(20-18-26)30-23-24-32(25-30)31-21-22-31/h5-6,8-14,16-20,30-31H,4,7,15,21-25H2,1-3H3/b9-8-,12-10+,13-5-,14-11-,27-6+,28-16+. The minimum atomic E-state index is 0.727. The van der Waals surface area contributed by atoms with Crippen molar-refractivity contribution in [3.8, 4) is 0 Å². The molecule has 1 aliphatic carbocycles. The van der Waals surface area contributed by atoms with Crippen LogP contribution in [-0.2, 0) is 0 Å². The van der Waals surface area contributed by atoms with E-state index in [1.54, 1.807) is 0 Å². The van der Waals surface area contributed by atoms with Crippen molar-refractivity contribution in [3.63, 3.8) is 0 Å². The maximum Gasteiger partial charge on any atom is 0.00966 e. The second-order valence-corrected chi connectivity index (χ2v) is 9.05. The van der Waals surface area contributed by atoms with E-state index < -0.39 is 0 Å². The van der Waals surface area contributed by atoms with Crippen LogP contribution in [0.5, 0.6) is 0 Å². The van der Waals surface area contributed by atoms with Gasteiger partial charge in [0.1, 0.15) is 0 Å². The second-order valence-electron chi connectivity index (χ2n) is 9.05. The largest absolute Gasteiger partial charge is 0.300 e. The van der Waals surface area contributed by atoms with Crippen LogP contribution < -0.4 is 0 Å². The molecule has 1 heterocycles. The first-order valence-electron chi connectivity index (χ1n) is 12.6. The number of allylic oxidation sites excluding steroid dienone is 11. The van der Waals surface area contributed by atoms with Gasteiger partial charge in [-0.25, -0.2) is 0 Å². The monoisotopic (exact) mass is 427 g/mol. The smallest absolute Gasteiger partial charge is 0.00966 e. The fourth-order valence-corrected chi connectivity index (χ4v) is 4.50. The van der Waals surface area contributed by atoms with E-state index in [-0.39, 0.29) is 0 Å². The third kappa shape index (κ3) is 7.64. The molecule has 32 heavy (non-hydrogen) atoms. The summed E-state index contributed by atoms with van der Waals surface area (Å²) in [5.74, 6) is 0.727. The van der Waals surface area contributed by atoms with Crippen molar-refractivity contribution in [1.82, 2.24) is 4.90 Å². The Morgan fingerprint density at radius 2 is 1.72 bits per heavy atom. The van der Waals surface area contributed by atoms with E-state index in [0.29, 0.717) is 0 Å². The van der Waals surface area contributed by atoms with Crippen molar-refractivity contribution < 1.29 is 0 Å². The maximum absolute atomic E-state index is 2.69. The van der Waals surface area contributed by atoms with Gasteiger partial charge in [0.2, 0.25) is 0 Å². The fraction of sp³-hybridized carbons (Fsp3) is 0.419. The van der Waals surface area contributed by atoms with Crippen molar-refractivity contribution >= 4 is 6.08 Å². The number of rotatable bonds is 11. The number of hydrogen-bond donors (Lipinski definition) is 0. The molecule has 1 nitrogen and oxygen atoms in total. The molecule has 1 saturated heterocycles. The summed E-state index contributed by atoms with van der Waals surface area (Å²) in [5, 5.41) is 0. The molecule has 1 atom stereocenters. The van der Waals surface area contributed by atoms with Crippen molar-refractivity contribution in [2.45, 2.75) is 71.3 Å². The lowest BCUT2D eigenvalue weighted by Crippen LogP contribution is -2.22. The van der Waals surface area contributed by atoms with Gasteiger partial charge in [-0.3, -0.25) is 4.90 Å². The van der Waals surface area contributed by atoms with E-state index in [1.807, 2.05) is 0 Å². The lowest BCUT2D eigenvalue weighted by atomic mass is 9.97. The summed E-state index contributed by atoms with van der Waals surface area (Å²) in [6, 6.07) is 10.1. The van der Waals surface area contributed by atoms with Gasteiger partial charge >= 0.3 is 0 Å². The molecule has 2 fully saturated rings. The number of benzene rings is 1. The molecule has 1 heteroatoms. The van der Waals surface area contributed by atoms with Gasteiger partial charge in [-0.1, -0.05) is 98.4 Å². The van der Waals surface area contributed by atoms with Crippen LogP contribution in [-0.4, -0.2) is 24.0 Å². The molecule has 0 bridgehead atoms. The van der Waals surface area contributed by atoms with E-state index in [4.69, 9.17) is 0 Å². The first-order chi connectivity index (χ1) is 15.7. The van der Waals surface area contributed by atoms with Gasteiger partial charge in [0.05, 0.1) is 0 Å². The Hall–Kier alpha value is -2.38. The topological polar surface area (TPSA) is 3.24 Å². The minimum absolute atomic E-state index is 0.727. The number of nitrogens with zero attached hydrogens (tertiary/aromatic N) is 1. The molecule has 0 N–H and O–H groups in total. The number of hydrogen-bond acceptors (Lipinski definition) is 1. The highest BCUT2D eigenvalue weighted by molar-refractivity contribution is 5.52. The van der Waals surface area contributed by atoms with E-state index in [0.717, 1.165) is 18.4 Å².